The van der Waals surface area contributed by atoms with Gasteiger partial charge in [-0.15, -0.1) is 11.3 Å². The Balaban J connectivity index is 1.81. The molecule has 0 atom stereocenters. The Hall–Kier alpha value is -3.50. The number of rotatable bonds is 6. The molecule has 10 heteroatoms. The van der Waals surface area contributed by atoms with Gasteiger partial charge in [-0.2, -0.15) is 5.10 Å². The quantitative estimate of drug-likeness (QED) is 0.196. The van der Waals surface area contributed by atoms with Crippen molar-refractivity contribution in [3.8, 4) is 17.0 Å². The van der Waals surface area contributed by atoms with E-state index in [1.54, 1.807) is 11.8 Å². The van der Waals surface area contributed by atoms with E-state index < -0.39 is 4.92 Å². The van der Waals surface area contributed by atoms with Crippen LogP contribution in [0.4, 0.5) is 11.6 Å². The Morgan fingerprint density at radius 3 is 2.71 bits per heavy atom. The Morgan fingerprint density at radius 1 is 1.19 bits per heavy atom. The molecule has 156 valence electrons. The molecule has 2 aromatic carbocycles. The average Bonchev–Trinajstić information content (AvgIpc) is 3.40. The van der Waals surface area contributed by atoms with Crippen LogP contribution < -0.4 is 9.54 Å². The second-order valence-corrected chi connectivity index (χ2v) is 7.97. The molecule has 0 unspecified atom stereocenters. The summed E-state index contributed by atoms with van der Waals surface area (Å²) in [6.07, 6.45) is 1.42. The van der Waals surface area contributed by atoms with Crippen LogP contribution in [0.5, 0.6) is 5.75 Å². The maximum Gasteiger partial charge on any atom is 0.433 e. The highest BCUT2D eigenvalue weighted by Gasteiger charge is 2.12. The van der Waals surface area contributed by atoms with Crippen molar-refractivity contribution in [1.82, 2.24) is 4.68 Å². The van der Waals surface area contributed by atoms with E-state index in [1.165, 1.54) is 29.7 Å². The lowest BCUT2D eigenvalue weighted by molar-refractivity contribution is -0.402. The van der Waals surface area contributed by atoms with E-state index in [0.717, 1.165) is 15.7 Å². The molecule has 2 aromatic heterocycles. The van der Waals surface area contributed by atoms with E-state index in [0.29, 0.717) is 16.2 Å². The fraction of sp³-hybridized carbons (Fsp3) is 0.0476. The van der Waals surface area contributed by atoms with Crippen molar-refractivity contribution in [3.63, 3.8) is 0 Å². The predicted octanol–water partition coefficient (Wildman–Crippen LogP) is 5.60. The number of thiazole rings is 1. The highest BCUT2D eigenvalue weighted by Crippen LogP contribution is 2.24. The van der Waals surface area contributed by atoms with Gasteiger partial charge in [0.1, 0.15) is 10.7 Å². The van der Waals surface area contributed by atoms with Gasteiger partial charge in [0.05, 0.1) is 30.8 Å². The molecule has 0 bridgehead atoms. The molecule has 8 nitrogen and oxygen atoms in total. The van der Waals surface area contributed by atoms with Gasteiger partial charge < -0.3 is 9.15 Å². The number of ether oxygens (including phenoxy) is 1. The van der Waals surface area contributed by atoms with Crippen molar-refractivity contribution in [2.45, 2.75) is 0 Å². The third kappa shape index (κ3) is 4.81. The number of hydrogen-bond donors (Lipinski definition) is 0. The maximum atomic E-state index is 10.9. The molecule has 0 aliphatic carbocycles. The van der Waals surface area contributed by atoms with Gasteiger partial charge in [-0.3, -0.25) is 10.1 Å². The molecule has 0 fully saturated rings. The van der Waals surface area contributed by atoms with Crippen molar-refractivity contribution in [3.05, 3.63) is 91.2 Å². The summed E-state index contributed by atoms with van der Waals surface area (Å²) in [5.41, 5.74) is 2.46. The predicted molar refractivity (Wildman–Crippen MR) is 122 cm³/mol. The van der Waals surface area contributed by atoms with E-state index in [9.17, 15) is 10.1 Å². The number of halogens is 1. The first-order valence-corrected chi connectivity index (χ1v) is 10.6. The second kappa shape index (κ2) is 9.11. The summed E-state index contributed by atoms with van der Waals surface area (Å²) < 4.78 is 13.1. The summed E-state index contributed by atoms with van der Waals surface area (Å²) in [6, 6.07) is 18.0. The summed E-state index contributed by atoms with van der Waals surface area (Å²) in [4.78, 5) is 15.6. The Morgan fingerprint density at radius 2 is 2.00 bits per heavy atom. The average molecular weight is 499 g/mol. The minimum absolute atomic E-state index is 0.263. The van der Waals surface area contributed by atoms with Crippen molar-refractivity contribution in [1.29, 1.82) is 0 Å². The Labute approximate surface area is 189 Å². The topological polar surface area (TPSA) is 95.2 Å². The van der Waals surface area contributed by atoms with E-state index in [1.807, 2.05) is 53.9 Å². The summed E-state index contributed by atoms with van der Waals surface area (Å²) in [5.74, 6) is 0.620. The van der Waals surface area contributed by atoms with Crippen molar-refractivity contribution < 1.29 is 14.1 Å². The molecule has 0 spiro atoms. The third-order valence-electron chi connectivity index (χ3n) is 4.20. The minimum atomic E-state index is -0.591. The monoisotopic (exact) mass is 498 g/mol. The number of benzene rings is 2. The number of aromatic nitrogens is 1. The van der Waals surface area contributed by atoms with Crippen LogP contribution in [0.25, 0.3) is 11.3 Å². The lowest BCUT2D eigenvalue weighted by Crippen LogP contribution is -2.11. The van der Waals surface area contributed by atoms with Gasteiger partial charge in [-0.25, -0.2) is 9.67 Å². The van der Waals surface area contributed by atoms with Crippen LogP contribution in [0.3, 0.4) is 0 Å². The molecular weight excluding hydrogens is 484 g/mol. The van der Waals surface area contributed by atoms with Crippen molar-refractivity contribution in [2.75, 3.05) is 7.11 Å². The van der Waals surface area contributed by atoms with Gasteiger partial charge in [0, 0.05) is 21.5 Å². The number of hydrogen-bond acceptors (Lipinski definition) is 7. The van der Waals surface area contributed by atoms with Gasteiger partial charge in [-0.05, 0) is 30.3 Å². The third-order valence-corrected chi connectivity index (χ3v) is 5.54. The van der Waals surface area contributed by atoms with Crippen LogP contribution in [-0.2, 0) is 0 Å². The standard InChI is InChI=1S/C21H15BrN4O4S/c1-29-17-4-2-3-16(11-17)24-21-25(23-12-18-9-10-20(30-18)26(27)28)19(13-31-21)14-5-7-15(22)8-6-14/h2-13H,1H3. The minimum Gasteiger partial charge on any atom is -0.497 e. The molecule has 0 N–H and O–H groups in total. The molecular formula is C21H15BrN4O4S. The molecule has 31 heavy (non-hydrogen) atoms. The van der Waals surface area contributed by atoms with E-state index in [4.69, 9.17) is 14.1 Å². The lowest BCUT2D eigenvalue weighted by Gasteiger charge is -2.04. The molecule has 0 aliphatic heterocycles. The Kier molecular flexibility index (Phi) is 6.10. The zero-order valence-electron chi connectivity index (χ0n) is 16.1. The van der Waals surface area contributed by atoms with Crippen molar-refractivity contribution >= 4 is 45.1 Å². The lowest BCUT2D eigenvalue weighted by atomic mass is 10.2. The number of furan rings is 1. The smallest absolute Gasteiger partial charge is 0.433 e. The number of nitro groups is 1. The number of methoxy groups -OCH3 is 1. The van der Waals surface area contributed by atoms with E-state index in [2.05, 4.69) is 21.0 Å². The molecule has 4 aromatic rings. The van der Waals surface area contributed by atoms with Crippen molar-refractivity contribution in [2.24, 2.45) is 10.1 Å². The van der Waals surface area contributed by atoms with Gasteiger partial charge in [0.15, 0.2) is 5.76 Å². The van der Waals surface area contributed by atoms with Gasteiger partial charge >= 0.3 is 5.88 Å². The maximum absolute atomic E-state index is 10.9. The zero-order chi connectivity index (χ0) is 21.8. The number of nitrogens with zero attached hydrogens (tertiary/aromatic N) is 4. The zero-order valence-corrected chi connectivity index (χ0v) is 18.5. The SMILES string of the molecule is COc1cccc(N=c2scc(-c3ccc(Br)cc3)n2N=Cc2ccc([N+](=O)[O-])o2)c1. The Bertz CT molecular complexity index is 1320. The molecule has 0 saturated heterocycles. The summed E-state index contributed by atoms with van der Waals surface area (Å²) in [5, 5.41) is 17.3. The van der Waals surface area contributed by atoms with Gasteiger partial charge in [-0.1, -0.05) is 34.1 Å². The van der Waals surface area contributed by atoms with Crippen LogP contribution in [0.15, 0.2) is 85.0 Å². The van der Waals surface area contributed by atoms with Gasteiger partial charge in [0.25, 0.3) is 0 Å². The first-order chi connectivity index (χ1) is 15.0. The van der Waals surface area contributed by atoms with E-state index in [-0.39, 0.29) is 11.6 Å². The molecule has 4 rings (SSSR count). The van der Waals surface area contributed by atoms with Crippen LogP contribution >= 0.6 is 27.3 Å². The highest BCUT2D eigenvalue weighted by atomic mass is 79.9. The van der Waals surface area contributed by atoms with Crippen LogP contribution in [0, 0.1) is 10.1 Å². The first-order valence-electron chi connectivity index (χ1n) is 8.97. The largest absolute Gasteiger partial charge is 0.497 e. The van der Waals surface area contributed by atoms with Crippen LogP contribution in [-0.4, -0.2) is 22.9 Å². The highest BCUT2D eigenvalue weighted by molar-refractivity contribution is 9.10. The summed E-state index contributed by atoms with van der Waals surface area (Å²) >= 11 is 4.86. The summed E-state index contributed by atoms with van der Waals surface area (Å²) in [7, 11) is 1.60. The summed E-state index contributed by atoms with van der Waals surface area (Å²) in [6.45, 7) is 0. The van der Waals surface area contributed by atoms with Crippen LogP contribution in [0.1, 0.15) is 5.76 Å². The molecule has 0 amide bonds. The normalized spacial score (nSPS) is 11.9. The van der Waals surface area contributed by atoms with E-state index >= 15 is 0 Å². The molecule has 2 heterocycles. The van der Waals surface area contributed by atoms with Crippen LogP contribution in [0.2, 0.25) is 0 Å². The molecule has 0 aliphatic rings. The molecule has 0 saturated carbocycles. The fourth-order valence-electron chi connectivity index (χ4n) is 2.72. The van der Waals surface area contributed by atoms with Gasteiger partial charge in [0.2, 0.25) is 4.80 Å². The second-order valence-electron chi connectivity index (χ2n) is 6.21. The fourth-order valence-corrected chi connectivity index (χ4v) is 3.84. The molecule has 0 radical (unpaired) electrons. The first kappa shape index (κ1) is 20.8.